The number of aryl methyl sites for hydroxylation is 1. The van der Waals surface area contributed by atoms with E-state index < -0.39 is 0 Å². The number of hydrogen-bond donors (Lipinski definition) is 1. The van der Waals surface area contributed by atoms with Crippen LogP contribution in [0, 0.1) is 13.8 Å². The Balaban J connectivity index is 1.92. The lowest BCUT2D eigenvalue weighted by Gasteiger charge is -2.21. The van der Waals surface area contributed by atoms with Crippen molar-refractivity contribution in [2.45, 2.75) is 32.2 Å². The van der Waals surface area contributed by atoms with Gasteiger partial charge in [-0.2, -0.15) is 0 Å². The normalized spacial score (nSPS) is 11.1. The van der Waals surface area contributed by atoms with E-state index in [2.05, 4.69) is 41.1 Å². The second kappa shape index (κ2) is 8.20. The fraction of sp³-hybridized carbons (Fsp3) is 0.389. The number of aromatic amines is 1. The van der Waals surface area contributed by atoms with Crippen molar-refractivity contribution in [2.75, 3.05) is 18.8 Å². The summed E-state index contributed by atoms with van der Waals surface area (Å²) in [7, 11) is 0. The molecule has 0 fully saturated rings. The molecule has 0 aliphatic carbocycles. The quantitative estimate of drug-likeness (QED) is 0.793. The third-order valence-electron chi connectivity index (χ3n) is 3.86. The highest BCUT2D eigenvalue weighted by Gasteiger charge is 2.09. The average molecular weight is 316 g/mol. The van der Waals surface area contributed by atoms with Crippen molar-refractivity contribution in [3.8, 4) is 0 Å². The molecule has 1 heterocycles. The van der Waals surface area contributed by atoms with Gasteiger partial charge in [0.15, 0.2) is 5.43 Å². The van der Waals surface area contributed by atoms with E-state index in [9.17, 15) is 4.79 Å². The molecule has 0 saturated heterocycles. The molecule has 4 heteroatoms. The number of hydrogen-bond acceptors (Lipinski definition) is 3. The second-order valence-corrected chi connectivity index (χ2v) is 6.60. The number of H-pyrrole nitrogens is 1. The van der Waals surface area contributed by atoms with Gasteiger partial charge in [0, 0.05) is 46.8 Å². The standard InChI is InChI=1S/C18H24N2OS/c1-4-20(10-11-22-16-8-6-5-7-9-16)13-17-15(3)18(21)14(2)12-19-17/h5-9,12H,4,10-11,13H2,1-3H3,(H,19,21). The molecule has 22 heavy (non-hydrogen) atoms. The van der Waals surface area contributed by atoms with Crippen LogP contribution in [0.2, 0.25) is 0 Å². The Labute approximate surface area is 136 Å². The lowest BCUT2D eigenvalue weighted by atomic mass is 10.1. The van der Waals surface area contributed by atoms with Crippen LogP contribution in [-0.2, 0) is 6.54 Å². The lowest BCUT2D eigenvalue weighted by Crippen LogP contribution is -2.27. The molecule has 0 radical (unpaired) electrons. The Morgan fingerprint density at radius 2 is 1.91 bits per heavy atom. The molecule has 2 aromatic rings. The SMILES string of the molecule is CCN(CCSc1ccccc1)Cc1[nH]cc(C)c(=O)c1C. The minimum absolute atomic E-state index is 0.156. The van der Waals surface area contributed by atoms with Crippen molar-refractivity contribution in [2.24, 2.45) is 0 Å². The van der Waals surface area contributed by atoms with E-state index in [0.717, 1.165) is 42.2 Å². The van der Waals surface area contributed by atoms with Crippen LogP contribution in [0.25, 0.3) is 0 Å². The first-order valence-corrected chi connectivity index (χ1v) is 8.68. The van der Waals surface area contributed by atoms with Crippen molar-refractivity contribution in [3.63, 3.8) is 0 Å². The predicted molar refractivity (Wildman–Crippen MR) is 94.7 cm³/mol. The van der Waals surface area contributed by atoms with Gasteiger partial charge in [-0.05, 0) is 32.5 Å². The van der Waals surface area contributed by atoms with E-state index in [1.165, 1.54) is 4.90 Å². The zero-order valence-electron chi connectivity index (χ0n) is 13.6. The molecule has 3 nitrogen and oxygen atoms in total. The van der Waals surface area contributed by atoms with Crippen LogP contribution in [0.15, 0.2) is 46.2 Å². The first kappa shape index (κ1) is 16.8. The summed E-state index contributed by atoms with van der Waals surface area (Å²) in [5, 5.41) is 0. The summed E-state index contributed by atoms with van der Waals surface area (Å²) in [5.74, 6) is 1.05. The van der Waals surface area contributed by atoms with Crippen LogP contribution in [-0.4, -0.2) is 28.7 Å². The first-order valence-electron chi connectivity index (χ1n) is 7.69. The third-order valence-corrected chi connectivity index (χ3v) is 4.85. The number of aromatic nitrogens is 1. The van der Waals surface area contributed by atoms with Crippen molar-refractivity contribution in [1.29, 1.82) is 0 Å². The maximum atomic E-state index is 12.0. The molecule has 118 valence electrons. The van der Waals surface area contributed by atoms with Gasteiger partial charge in [0.2, 0.25) is 0 Å². The minimum atomic E-state index is 0.156. The Morgan fingerprint density at radius 3 is 2.59 bits per heavy atom. The molecular weight excluding hydrogens is 292 g/mol. The maximum absolute atomic E-state index is 12.0. The van der Waals surface area contributed by atoms with Crippen LogP contribution >= 0.6 is 11.8 Å². The predicted octanol–water partition coefficient (Wildman–Crippen LogP) is 3.61. The van der Waals surface area contributed by atoms with Crippen molar-refractivity contribution in [1.82, 2.24) is 9.88 Å². The van der Waals surface area contributed by atoms with Gasteiger partial charge in [0.05, 0.1) is 0 Å². The molecular formula is C18H24N2OS. The summed E-state index contributed by atoms with van der Waals surface area (Å²) in [6.07, 6.45) is 1.82. The Kier molecular flexibility index (Phi) is 6.28. The summed E-state index contributed by atoms with van der Waals surface area (Å²) in [5.41, 5.74) is 2.81. The van der Waals surface area contributed by atoms with Crippen molar-refractivity contribution >= 4 is 11.8 Å². The highest BCUT2D eigenvalue weighted by atomic mass is 32.2. The van der Waals surface area contributed by atoms with Gasteiger partial charge in [0.1, 0.15) is 0 Å². The summed E-state index contributed by atoms with van der Waals surface area (Å²) >= 11 is 1.87. The maximum Gasteiger partial charge on any atom is 0.187 e. The highest BCUT2D eigenvalue weighted by Crippen LogP contribution is 2.17. The molecule has 1 aromatic carbocycles. The average Bonchev–Trinajstić information content (AvgIpc) is 2.55. The second-order valence-electron chi connectivity index (χ2n) is 5.43. The van der Waals surface area contributed by atoms with Crippen LogP contribution in [0.3, 0.4) is 0 Å². The van der Waals surface area contributed by atoms with Gasteiger partial charge in [-0.25, -0.2) is 0 Å². The highest BCUT2D eigenvalue weighted by molar-refractivity contribution is 7.99. The zero-order valence-corrected chi connectivity index (χ0v) is 14.4. The van der Waals surface area contributed by atoms with Crippen molar-refractivity contribution in [3.05, 3.63) is 63.6 Å². The Morgan fingerprint density at radius 1 is 1.18 bits per heavy atom. The molecule has 2 rings (SSSR count). The summed E-state index contributed by atoms with van der Waals surface area (Å²) in [6.45, 7) is 8.70. The van der Waals surface area contributed by atoms with E-state index in [1.807, 2.05) is 37.9 Å². The molecule has 0 aliphatic heterocycles. The number of nitrogens with one attached hydrogen (secondary N) is 1. The van der Waals surface area contributed by atoms with E-state index in [-0.39, 0.29) is 5.43 Å². The first-order chi connectivity index (χ1) is 10.6. The molecule has 0 amide bonds. The Bertz CT molecular complexity index is 652. The van der Waals surface area contributed by atoms with E-state index in [1.54, 1.807) is 0 Å². The van der Waals surface area contributed by atoms with Gasteiger partial charge in [-0.1, -0.05) is 25.1 Å². The largest absolute Gasteiger partial charge is 0.363 e. The fourth-order valence-corrected chi connectivity index (χ4v) is 3.28. The molecule has 0 aliphatic rings. The van der Waals surface area contributed by atoms with Crippen LogP contribution in [0.1, 0.15) is 23.7 Å². The zero-order chi connectivity index (χ0) is 15.9. The van der Waals surface area contributed by atoms with E-state index in [4.69, 9.17) is 0 Å². The van der Waals surface area contributed by atoms with E-state index >= 15 is 0 Å². The summed E-state index contributed by atoms with van der Waals surface area (Å²) < 4.78 is 0. The number of rotatable bonds is 7. The molecule has 1 N–H and O–H groups in total. The van der Waals surface area contributed by atoms with Gasteiger partial charge >= 0.3 is 0 Å². The number of pyridine rings is 1. The minimum Gasteiger partial charge on any atom is -0.363 e. The van der Waals surface area contributed by atoms with Gasteiger partial charge in [-0.3, -0.25) is 9.69 Å². The molecule has 1 aromatic heterocycles. The fourth-order valence-electron chi connectivity index (χ4n) is 2.35. The third kappa shape index (κ3) is 4.49. The molecule has 0 saturated carbocycles. The van der Waals surface area contributed by atoms with Crippen LogP contribution in [0.5, 0.6) is 0 Å². The molecule has 0 atom stereocenters. The summed E-state index contributed by atoms with van der Waals surface area (Å²) in [4.78, 5) is 19.0. The number of benzene rings is 1. The van der Waals surface area contributed by atoms with Gasteiger partial charge in [0.25, 0.3) is 0 Å². The van der Waals surface area contributed by atoms with Gasteiger partial charge in [-0.15, -0.1) is 11.8 Å². The molecule has 0 bridgehead atoms. The van der Waals surface area contributed by atoms with Crippen LogP contribution < -0.4 is 5.43 Å². The van der Waals surface area contributed by atoms with Gasteiger partial charge < -0.3 is 4.98 Å². The van der Waals surface area contributed by atoms with Crippen LogP contribution in [0.4, 0.5) is 0 Å². The van der Waals surface area contributed by atoms with Crippen molar-refractivity contribution < 1.29 is 0 Å². The topological polar surface area (TPSA) is 36.1 Å². The lowest BCUT2D eigenvalue weighted by molar-refractivity contribution is 0.294. The molecule has 0 unspecified atom stereocenters. The number of thioether (sulfide) groups is 1. The van der Waals surface area contributed by atoms with E-state index in [0.29, 0.717) is 0 Å². The number of nitrogens with zero attached hydrogens (tertiary/aromatic N) is 1. The Hall–Kier alpha value is -1.52. The monoisotopic (exact) mass is 316 g/mol. The summed E-state index contributed by atoms with van der Waals surface area (Å²) in [6, 6.07) is 10.5. The smallest absolute Gasteiger partial charge is 0.187 e. The molecule has 0 spiro atoms.